The van der Waals surface area contributed by atoms with E-state index in [0.29, 0.717) is 11.5 Å². The molecule has 3 aliphatic rings. The highest BCUT2D eigenvalue weighted by atomic mass is 14.8. The fourth-order valence-electron chi connectivity index (χ4n) is 4.04. The average molecular weight is 241 g/mol. The molecule has 1 aromatic rings. The van der Waals surface area contributed by atoms with Gasteiger partial charge in [0, 0.05) is 6.21 Å². The van der Waals surface area contributed by atoms with Crippen molar-refractivity contribution in [2.45, 2.75) is 39.7 Å². The van der Waals surface area contributed by atoms with E-state index >= 15 is 0 Å². The predicted octanol–water partition coefficient (Wildman–Crippen LogP) is 4.18. The average Bonchev–Trinajstić information content (AvgIpc) is 2.38. The summed E-state index contributed by atoms with van der Waals surface area (Å²) in [5.74, 6) is 2.52. The molecule has 3 saturated carbocycles. The van der Waals surface area contributed by atoms with Crippen molar-refractivity contribution in [1.82, 2.24) is 0 Å². The molecule has 1 heteroatoms. The molecule has 18 heavy (non-hydrogen) atoms. The molecule has 4 rings (SSSR count). The highest BCUT2D eigenvalue weighted by molar-refractivity contribution is 5.79. The number of aliphatic imine (C=N–C) groups is 1. The van der Waals surface area contributed by atoms with Gasteiger partial charge in [-0.05, 0) is 41.6 Å². The van der Waals surface area contributed by atoms with Crippen molar-refractivity contribution in [3.05, 3.63) is 35.9 Å². The molecule has 3 aliphatic carbocycles. The van der Waals surface area contributed by atoms with E-state index in [1.165, 1.54) is 18.4 Å². The number of hydrogen-bond donors (Lipinski definition) is 0. The summed E-state index contributed by atoms with van der Waals surface area (Å²) >= 11 is 0. The van der Waals surface area contributed by atoms with Gasteiger partial charge in [-0.1, -0.05) is 51.1 Å². The molecule has 0 spiro atoms. The van der Waals surface area contributed by atoms with Crippen LogP contribution < -0.4 is 0 Å². The van der Waals surface area contributed by atoms with Crippen LogP contribution in [0.4, 0.5) is 0 Å². The van der Waals surface area contributed by atoms with Gasteiger partial charge < -0.3 is 0 Å². The van der Waals surface area contributed by atoms with Crippen molar-refractivity contribution in [1.29, 1.82) is 0 Å². The van der Waals surface area contributed by atoms with Crippen LogP contribution in [0.25, 0.3) is 0 Å². The third kappa shape index (κ3) is 1.81. The number of benzene rings is 1. The van der Waals surface area contributed by atoms with Gasteiger partial charge in [-0.3, -0.25) is 4.99 Å². The molecular formula is C17H23N. The highest BCUT2D eigenvalue weighted by Crippen LogP contribution is 2.61. The molecular weight excluding hydrogens is 218 g/mol. The van der Waals surface area contributed by atoms with Crippen molar-refractivity contribution in [2.24, 2.45) is 28.2 Å². The summed E-state index contributed by atoms with van der Waals surface area (Å²) in [7, 11) is 0. The van der Waals surface area contributed by atoms with Crippen LogP contribution in [0.2, 0.25) is 0 Å². The summed E-state index contributed by atoms with van der Waals surface area (Å²) in [5.41, 5.74) is 1.79. The van der Waals surface area contributed by atoms with Gasteiger partial charge in [0.05, 0.1) is 6.04 Å². The smallest absolute Gasteiger partial charge is 0.0531 e. The highest BCUT2D eigenvalue weighted by Gasteiger charge is 2.56. The molecule has 1 aromatic carbocycles. The molecule has 0 unspecified atom stereocenters. The number of nitrogens with zero attached hydrogens (tertiary/aromatic N) is 1. The maximum atomic E-state index is 4.86. The van der Waals surface area contributed by atoms with E-state index in [0.717, 1.165) is 17.8 Å². The second kappa shape index (κ2) is 4.22. The third-order valence-electron chi connectivity index (χ3n) is 5.53. The Hall–Kier alpha value is -1.11. The van der Waals surface area contributed by atoms with E-state index in [1.807, 2.05) is 0 Å². The first kappa shape index (κ1) is 12.0. The van der Waals surface area contributed by atoms with Crippen LogP contribution in [0.5, 0.6) is 0 Å². The Morgan fingerprint density at radius 3 is 2.50 bits per heavy atom. The summed E-state index contributed by atoms with van der Waals surface area (Å²) in [5, 5.41) is 0. The Morgan fingerprint density at radius 2 is 1.89 bits per heavy atom. The molecule has 0 aromatic heterocycles. The van der Waals surface area contributed by atoms with Gasteiger partial charge in [-0.15, -0.1) is 0 Å². The van der Waals surface area contributed by atoms with Crippen LogP contribution in [0.1, 0.15) is 39.2 Å². The van der Waals surface area contributed by atoms with Crippen LogP contribution in [-0.2, 0) is 0 Å². The lowest BCUT2D eigenvalue weighted by molar-refractivity contribution is -0.108. The summed E-state index contributed by atoms with van der Waals surface area (Å²) in [4.78, 5) is 4.86. The van der Waals surface area contributed by atoms with E-state index in [2.05, 4.69) is 57.3 Å². The van der Waals surface area contributed by atoms with E-state index < -0.39 is 0 Å². The Labute approximate surface area is 110 Å². The summed E-state index contributed by atoms with van der Waals surface area (Å²) in [6.45, 7) is 7.29. The summed E-state index contributed by atoms with van der Waals surface area (Å²) in [6.07, 6.45) is 4.79. The Balaban J connectivity index is 1.71. The van der Waals surface area contributed by atoms with Gasteiger partial charge in [0.1, 0.15) is 0 Å². The van der Waals surface area contributed by atoms with Crippen LogP contribution in [-0.4, -0.2) is 12.3 Å². The first-order chi connectivity index (χ1) is 8.59. The fraction of sp³-hybridized carbons (Fsp3) is 0.588. The van der Waals surface area contributed by atoms with Crippen LogP contribution in [0, 0.1) is 23.2 Å². The molecule has 0 amide bonds. The molecule has 0 aliphatic heterocycles. The number of rotatable bonds is 2. The van der Waals surface area contributed by atoms with Gasteiger partial charge in [0.15, 0.2) is 0 Å². The standard InChI is InChI=1S/C17H23N/c1-12-15-9-14(17(15,2)3)10-16(12)18-11-13-7-5-4-6-8-13/h4-8,11-12,14-16H,9-10H2,1-3H3/t12-,14+,15-,16-/m1/s1. The predicted molar refractivity (Wildman–Crippen MR) is 77.0 cm³/mol. The minimum absolute atomic E-state index is 0.544. The molecule has 1 nitrogen and oxygen atoms in total. The van der Waals surface area contributed by atoms with E-state index in [1.54, 1.807) is 0 Å². The zero-order valence-corrected chi connectivity index (χ0v) is 11.6. The molecule has 96 valence electrons. The van der Waals surface area contributed by atoms with Crippen molar-refractivity contribution in [3.8, 4) is 0 Å². The molecule has 0 N–H and O–H groups in total. The number of fused-ring (bicyclic) bond motifs is 2. The first-order valence-electron chi connectivity index (χ1n) is 7.17. The van der Waals surface area contributed by atoms with Gasteiger partial charge in [0.2, 0.25) is 0 Å². The monoisotopic (exact) mass is 241 g/mol. The lowest BCUT2D eigenvalue weighted by Gasteiger charge is -2.61. The first-order valence-corrected chi connectivity index (χ1v) is 7.17. The Morgan fingerprint density at radius 1 is 1.17 bits per heavy atom. The van der Waals surface area contributed by atoms with Crippen molar-refractivity contribution in [3.63, 3.8) is 0 Å². The van der Waals surface area contributed by atoms with Gasteiger partial charge in [-0.25, -0.2) is 0 Å². The molecule has 0 saturated heterocycles. The molecule has 2 bridgehead atoms. The maximum absolute atomic E-state index is 4.86. The van der Waals surface area contributed by atoms with Crippen LogP contribution >= 0.6 is 0 Å². The lowest BCUT2D eigenvalue weighted by Crippen LogP contribution is -2.56. The van der Waals surface area contributed by atoms with Crippen LogP contribution in [0.15, 0.2) is 35.3 Å². The Kier molecular flexibility index (Phi) is 2.80. The molecule has 0 radical (unpaired) electrons. The van der Waals surface area contributed by atoms with Gasteiger partial charge >= 0.3 is 0 Å². The maximum Gasteiger partial charge on any atom is 0.0531 e. The SMILES string of the molecule is C[C@@H]1[C@H]2C[C@@H](C[C@H]1N=Cc1ccccc1)C2(C)C. The normalized spacial score (nSPS) is 37.5. The molecule has 4 atom stereocenters. The molecule has 3 fully saturated rings. The second-order valence-electron chi connectivity index (χ2n) is 6.71. The van der Waals surface area contributed by atoms with Crippen LogP contribution in [0.3, 0.4) is 0 Å². The summed E-state index contributed by atoms with van der Waals surface area (Å²) < 4.78 is 0. The number of hydrogen-bond acceptors (Lipinski definition) is 1. The minimum Gasteiger partial charge on any atom is -0.289 e. The topological polar surface area (TPSA) is 12.4 Å². The summed E-state index contributed by atoms with van der Waals surface area (Å²) in [6, 6.07) is 11.0. The minimum atomic E-state index is 0.544. The van der Waals surface area contributed by atoms with Gasteiger partial charge in [-0.2, -0.15) is 0 Å². The largest absolute Gasteiger partial charge is 0.289 e. The second-order valence-corrected chi connectivity index (χ2v) is 6.71. The fourth-order valence-corrected chi connectivity index (χ4v) is 4.04. The van der Waals surface area contributed by atoms with Crippen molar-refractivity contribution >= 4 is 6.21 Å². The van der Waals surface area contributed by atoms with Gasteiger partial charge in [0.25, 0.3) is 0 Å². The molecule has 0 heterocycles. The van der Waals surface area contributed by atoms with Crippen molar-refractivity contribution in [2.75, 3.05) is 0 Å². The third-order valence-corrected chi connectivity index (χ3v) is 5.53. The van der Waals surface area contributed by atoms with E-state index in [-0.39, 0.29) is 0 Å². The zero-order chi connectivity index (χ0) is 12.8. The van der Waals surface area contributed by atoms with E-state index in [9.17, 15) is 0 Å². The lowest BCUT2D eigenvalue weighted by atomic mass is 9.45. The zero-order valence-electron chi connectivity index (χ0n) is 11.6. The Bertz CT molecular complexity index is 446. The quantitative estimate of drug-likeness (QED) is 0.689. The van der Waals surface area contributed by atoms with E-state index in [4.69, 9.17) is 4.99 Å². The van der Waals surface area contributed by atoms with Crippen molar-refractivity contribution < 1.29 is 0 Å².